The molecular formula is C26H23Cl2NO. The van der Waals surface area contributed by atoms with Gasteiger partial charge in [0.2, 0.25) is 0 Å². The number of nitrogens with one attached hydrogen (secondary N) is 1. The summed E-state index contributed by atoms with van der Waals surface area (Å²) in [7, 11) is 0. The van der Waals surface area contributed by atoms with Crippen LogP contribution in [-0.2, 0) is 0 Å². The minimum Gasteiger partial charge on any atom is -0.480 e. The quantitative estimate of drug-likeness (QED) is 0.417. The van der Waals surface area contributed by atoms with E-state index in [1.54, 1.807) is 0 Å². The Morgan fingerprint density at radius 3 is 2.50 bits per heavy atom. The van der Waals surface area contributed by atoms with E-state index in [1.807, 2.05) is 31.2 Å². The molecule has 0 saturated carbocycles. The summed E-state index contributed by atoms with van der Waals surface area (Å²) in [6, 6.07) is 16.3. The lowest BCUT2D eigenvalue weighted by Gasteiger charge is -2.37. The van der Waals surface area contributed by atoms with Crippen molar-refractivity contribution in [1.82, 2.24) is 0 Å². The van der Waals surface area contributed by atoms with Crippen LogP contribution in [0, 0.1) is 6.92 Å². The Morgan fingerprint density at radius 2 is 1.73 bits per heavy atom. The summed E-state index contributed by atoms with van der Waals surface area (Å²) in [4.78, 5) is 0. The van der Waals surface area contributed by atoms with Gasteiger partial charge in [-0.15, -0.1) is 0 Å². The third-order valence-electron chi connectivity index (χ3n) is 5.90. The molecule has 0 bridgehead atoms. The van der Waals surface area contributed by atoms with Crippen molar-refractivity contribution in [3.63, 3.8) is 0 Å². The zero-order valence-electron chi connectivity index (χ0n) is 17.4. The molecule has 5 rings (SSSR count). The molecule has 0 fully saturated rings. The summed E-state index contributed by atoms with van der Waals surface area (Å²) in [5.41, 5.74) is 8.95. The van der Waals surface area contributed by atoms with Gasteiger partial charge in [0.25, 0.3) is 0 Å². The minimum absolute atomic E-state index is 0.103. The van der Waals surface area contributed by atoms with E-state index >= 15 is 0 Å². The Bertz CT molecular complexity index is 1230. The molecule has 152 valence electrons. The molecule has 0 aromatic heterocycles. The van der Waals surface area contributed by atoms with E-state index in [0.717, 1.165) is 38.7 Å². The first-order chi connectivity index (χ1) is 14.2. The van der Waals surface area contributed by atoms with Gasteiger partial charge in [-0.05, 0) is 80.3 Å². The maximum Gasteiger partial charge on any atom is 0.150 e. The van der Waals surface area contributed by atoms with Crippen molar-refractivity contribution in [2.24, 2.45) is 0 Å². The van der Waals surface area contributed by atoms with Crippen LogP contribution in [0.3, 0.4) is 0 Å². The van der Waals surface area contributed by atoms with Gasteiger partial charge < -0.3 is 10.1 Å². The van der Waals surface area contributed by atoms with Gasteiger partial charge in [0.1, 0.15) is 5.75 Å². The topological polar surface area (TPSA) is 21.3 Å². The maximum atomic E-state index is 6.60. The molecule has 1 N–H and O–H groups in total. The van der Waals surface area contributed by atoms with Gasteiger partial charge in [0, 0.05) is 32.4 Å². The number of anilines is 1. The van der Waals surface area contributed by atoms with Crippen LogP contribution in [0.2, 0.25) is 10.0 Å². The maximum absolute atomic E-state index is 6.60. The predicted octanol–water partition coefficient (Wildman–Crippen LogP) is 8.06. The molecule has 0 saturated heterocycles. The summed E-state index contributed by atoms with van der Waals surface area (Å²) in [6.45, 7) is 8.58. The number of halogens is 2. The van der Waals surface area contributed by atoms with Crippen LogP contribution in [0.25, 0.3) is 16.7 Å². The lowest BCUT2D eigenvalue weighted by atomic mass is 9.80. The molecule has 1 atom stereocenters. The summed E-state index contributed by atoms with van der Waals surface area (Å²) in [5, 5.41) is 5.13. The van der Waals surface area contributed by atoms with Crippen LogP contribution in [0.15, 0.2) is 54.6 Å². The van der Waals surface area contributed by atoms with Crippen LogP contribution in [0.1, 0.15) is 49.1 Å². The summed E-state index contributed by atoms with van der Waals surface area (Å²) in [5.74, 6) is 0.843. The monoisotopic (exact) mass is 435 g/mol. The van der Waals surface area contributed by atoms with Gasteiger partial charge in [-0.25, -0.2) is 0 Å². The fraction of sp³-hybridized carbons (Fsp3) is 0.231. The molecule has 2 heterocycles. The SMILES string of the molecule is CC1=CC(C)(C)Nc2ccc3c(c21)C(c1ccc(Cl)c(C)c1)Oc1ccc(Cl)cc1-3. The number of rotatable bonds is 1. The highest BCUT2D eigenvalue weighted by molar-refractivity contribution is 6.31. The fourth-order valence-corrected chi connectivity index (χ4v) is 5.01. The number of hydrogen-bond acceptors (Lipinski definition) is 2. The summed E-state index contributed by atoms with van der Waals surface area (Å²) < 4.78 is 6.60. The first kappa shape index (κ1) is 19.5. The number of ether oxygens (including phenoxy) is 1. The number of benzene rings is 3. The first-order valence-corrected chi connectivity index (χ1v) is 10.9. The Balaban J connectivity index is 1.81. The predicted molar refractivity (Wildman–Crippen MR) is 127 cm³/mol. The Morgan fingerprint density at radius 1 is 0.933 bits per heavy atom. The molecule has 2 nitrogen and oxygen atoms in total. The molecule has 3 aromatic carbocycles. The number of aryl methyl sites for hydroxylation is 1. The Kier molecular flexibility index (Phi) is 4.43. The molecular weight excluding hydrogens is 413 g/mol. The normalized spacial score (nSPS) is 18.3. The molecule has 0 radical (unpaired) electrons. The molecule has 0 spiro atoms. The van der Waals surface area contributed by atoms with E-state index in [0.29, 0.717) is 5.02 Å². The molecule has 1 unspecified atom stereocenters. The van der Waals surface area contributed by atoms with E-state index in [1.165, 1.54) is 16.7 Å². The number of hydrogen-bond donors (Lipinski definition) is 1. The van der Waals surface area contributed by atoms with Crippen molar-refractivity contribution in [2.75, 3.05) is 5.32 Å². The van der Waals surface area contributed by atoms with Crippen molar-refractivity contribution >= 4 is 34.5 Å². The third-order valence-corrected chi connectivity index (χ3v) is 6.56. The second-order valence-corrected chi connectivity index (χ2v) is 9.61. The van der Waals surface area contributed by atoms with Crippen LogP contribution in [0.5, 0.6) is 5.75 Å². The van der Waals surface area contributed by atoms with E-state index in [4.69, 9.17) is 27.9 Å². The molecule has 4 heteroatoms. The second kappa shape index (κ2) is 6.80. The summed E-state index contributed by atoms with van der Waals surface area (Å²) >= 11 is 12.7. The van der Waals surface area contributed by atoms with Gasteiger partial charge in [0.15, 0.2) is 6.10 Å². The van der Waals surface area contributed by atoms with Gasteiger partial charge in [-0.2, -0.15) is 0 Å². The van der Waals surface area contributed by atoms with E-state index < -0.39 is 0 Å². The molecule has 0 aliphatic carbocycles. The lowest BCUT2D eigenvalue weighted by Crippen LogP contribution is -2.32. The van der Waals surface area contributed by atoms with Crippen molar-refractivity contribution < 1.29 is 4.74 Å². The second-order valence-electron chi connectivity index (χ2n) is 8.77. The van der Waals surface area contributed by atoms with E-state index in [2.05, 4.69) is 56.4 Å². The minimum atomic E-state index is -0.231. The van der Waals surface area contributed by atoms with Crippen LogP contribution >= 0.6 is 23.2 Å². The van der Waals surface area contributed by atoms with Crippen LogP contribution in [0.4, 0.5) is 5.69 Å². The molecule has 30 heavy (non-hydrogen) atoms. The number of allylic oxidation sites excluding steroid dienone is 1. The number of fused-ring (bicyclic) bond motifs is 5. The van der Waals surface area contributed by atoms with E-state index in [-0.39, 0.29) is 11.6 Å². The average Bonchev–Trinajstić information content (AvgIpc) is 2.68. The zero-order valence-corrected chi connectivity index (χ0v) is 18.9. The molecule has 2 aliphatic heterocycles. The van der Waals surface area contributed by atoms with Gasteiger partial charge in [-0.3, -0.25) is 0 Å². The van der Waals surface area contributed by atoms with Crippen molar-refractivity contribution in [3.05, 3.63) is 86.9 Å². The van der Waals surface area contributed by atoms with Gasteiger partial charge >= 0.3 is 0 Å². The van der Waals surface area contributed by atoms with Crippen LogP contribution < -0.4 is 10.1 Å². The zero-order chi connectivity index (χ0) is 21.2. The Labute approximate surface area is 187 Å². The van der Waals surface area contributed by atoms with Crippen molar-refractivity contribution in [2.45, 2.75) is 39.3 Å². The smallest absolute Gasteiger partial charge is 0.150 e. The molecule has 3 aromatic rings. The lowest BCUT2D eigenvalue weighted by molar-refractivity contribution is 0.243. The highest BCUT2D eigenvalue weighted by Crippen LogP contribution is 2.51. The first-order valence-electron chi connectivity index (χ1n) is 10.1. The van der Waals surface area contributed by atoms with E-state index in [9.17, 15) is 0 Å². The van der Waals surface area contributed by atoms with Crippen LogP contribution in [-0.4, -0.2) is 5.54 Å². The highest BCUT2D eigenvalue weighted by Gasteiger charge is 2.34. The van der Waals surface area contributed by atoms with Crippen molar-refractivity contribution in [3.8, 4) is 16.9 Å². The third kappa shape index (κ3) is 3.10. The van der Waals surface area contributed by atoms with Gasteiger partial charge in [0.05, 0.1) is 5.54 Å². The largest absolute Gasteiger partial charge is 0.480 e. The molecule has 2 aliphatic rings. The standard InChI is InChI=1S/C26H23Cl2NO/c1-14-11-16(5-8-20(14)28)25-24-18(19-12-17(27)6-10-22(19)30-25)7-9-21-23(24)15(2)13-26(3,4)29-21/h5-13,25,29H,1-4H3. The highest BCUT2D eigenvalue weighted by atomic mass is 35.5. The molecule has 0 amide bonds. The van der Waals surface area contributed by atoms with Crippen molar-refractivity contribution in [1.29, 1.82) is 0 Å². The average molecular weight is 436 g/mol. The summed E-state index contributed by atoms with van der Waals surface area (Å²) in [6.07, 6.45) is 2.05. The van der Waals surface area contributed by atoms with Gasteiger partial charge in [-0.1, -0.05) is 47.5 Å². The fourth-order valence-electron chi connectivity index (χ4n) is 4.72. The Hall–Kier alpha value is -2.42.